The molecule has 1 aromatic heterocycles. The first-order chi connectivity index (χ1) is 11.5. The number of ether oxygens (including phenoxy) is 2. The summed E-state index contributed by atoms with van der Waals surface area (Å²) in [6, 6.07) is 5.85. The predicted molar refractivity (Wildman–Crippen MR) is 85.2 cm³/mol. The number of aliphatic carboxylic acids is 1. The first kappa shape index (κ1) is 17.3. The molecule has 0 spiro atoms. The number of methoxy groups -OCH3 is 2. The summed E-state index contributed by atoms with van der Waals surface area (Å²) in [5.41, 5.74) is 0.941. The fourth-order valence-electron chi connectivity index (χ4n) is 2.33. The van der Waals surface area contributed by atoms with Gasteiger partial charge in [-0.25, -0.2) is 0 Å². The van der Waals surface area contributed by atoms with E-state index in [9.17, 15) is 9.59 Å². The molecule has 8 nitrogen and oxygen atoms in total. The average molecular weight is 333 g/mol. The van der Waals surface area contributed by atoms with Crippen LogP contribution in [0.3, 0.4) is 0 Å². The quantitative estimate of drug-likeness (QED) is 0.793. The van der Waals surface area contributed by atoms with E-state index in [-0.39, 0.29) is 6.42 Å². The van der Waals surface area contributed by atoms with Crippen molar-refractivity contribution in [1.29, 1.82) is 0 Å². The van der Waals surface area contributed by atoms with Gasteiger partial charge in [0.25, 0.3) is 5.91 Å². The van der Waals surface area contributed by atoms with Gasteiger partial charge in [-0.05, 0) is 23.8 Å². The molecule has 0 bridgehead atoms. The Hall–Kier alpha value is -3.03. The van der Waals surface area contributed by atoms with Crippen molar-refractivity contribution < 1.29 is 24.2 Å². The number of rotatable bonds is 7. The van der Waals surface area contributed by atoms with Crippen LogP contribution in [0.2, 0.25) is 0 Å². The molecular formula is C16H19N3O5. The fraction of sp³-hybridized carbons (Fsp3) is 0.312. The Balaban J connectivity index is 2.30. The van der Waals surface area contributed by atoms with Crippen LogP contribution < -0.4 is 14.8 Å². The Morgan fingerprint density at radius 2 is 1.96 bits per heavy atom. The van der Waals surface area contributed by atoms with E-state index in [2.05, 4.69) is 10.4 Å². The van der Waals surface area contributed by atoms with Crippen LogP contribution in [0.4, 0.5) is 0 Å². The predicted octanol–water partition coefficient (Wildman–Crippen LogP) is 1.38. The second kappa shape index (κ2) is 7.49. The molecule has 0 aliphatic heterocycles. The summed E-state index contributed by atoms with van der Waals surface area (Å²) in [4.78, 5) is 23.5. The fourth-order valence-corrected chi connectivity index (χ4v) is 2.33. The molecule has 0 aliphatic carbocycles. The van der Waals surface area contributed by atoms with Gasteiger partial charge in [0, 0.05) is 13.2 Å². The molecule has 1 atom stereocenters. The number of carboxylic acid groups (broad SMARTS) is 1. The highest BCUT2D eigenvalue weighted by atomic mass is 16.5. The second-order valence-corrected chi connectivity index (χ2v) is 5.08. The minimum atomic E-state index is -1.03. The van der Waals surface area contributed by atoms with E-state index in [1.54, 1.807) is 31.3 Å². The molecule has 128 valence electrons. The van der Waals surface area contributed by atoms with E-state index in [1.807, 2.05) is 0 Å². The lowest BCUT2D eigenvalue weighted by Gasteiger charge is -2.19. The van der Waals surface area contributed by atoms with Gasteiger partial charge in [0.1, 0.15) is 5.69 Å². The van der Waals surface area contributed by atoms with Crippen molar-refractivity contribution >= 4 is 11.9 Å². The van der Waals surface area contributed by atoms with E-state index in [0.717, 1.165) is 0 Å². The SMILES string of the molecule is COc1ccc([C@H](CC(=O)O)NC(=O)c2ccnn2C)cc1OC. The third kappa shape index (κ3) is 3.83. The van der Waals surface area contributed by atoms with Crippen LogP contribution in [0.1, 0.15) is 28.5 Å². The summed E-state index contributed by atoms with van der Waals surface area (Å²) in [5, 5.41) is 15.8. The van der Waals surface area contributed by atoms with Gasteiger partial charge >= 0.3 is 5.97 Å². The van der Waals surface area contributed by atoms with Gasteiger partial charge in [-0.3, -0.25) is 14.3 Å². The molecule has 2 rings (SSSR count). The van der Waals surface area contributed by atoms with Crippen molar-refractivity contribution in [2.75, 3.05) is 14.2 Å². The topological polar surface area (TPSA) is 103 Å². The van der Waals surface area contributed by atoms with E-state index in [4.69, 9.17) is 14.6 Å². The van der Waals surface area contributed by atoms with Crippen LogP contribution >= 0.6 is 0 Å². The molecule has 24 heavy (non-hydrogen) atoms. The minimum absolute atomic E-state index is 0.265. The minimum Gasteiger partial charge on any atom is -0.493 e. The van der Waals surface area contributed by atoms with Gasteiger partial charge in [-0.2, -0.15) is 5.10 Å². The van der Waals surface area contributed by atoms with Crippen molar-refractivity contribution in [3.8, 4) is 11.5 Å². The highest BCUT2D eigenvalue weighted by Crippen LogP contribution is 2.31. The summed E-state index contributed by atoms with van der Waals surface area (Å²) < 4.78 is 11.8. The number of benzene rings is 1. The summed E-state index contributed by atoms with van der Waals surface area (Å²) in [6.45, 7) is 0. The van der Waals surface area contributed by atoms with Gasteiger partial charge in [0.2, 0.25) is 0 Å². The first-order valence-corrected chi connectivity index (χ1v) is 7.18. The largest absolute Gasteiger partial charge is 0.493 e. The highest BCUT2D eigenvalue weighted by Gasteiger charge is 2.21. The molecule has 0 aliphatic rings. The number of nitrogens with zero attached hydrogens (tertiary/aromatic N) is 2. The second-order valence-electron chi connectivity index (χ2n) is 5.08. The Bertz CT molecular complexity index is 741. The molecule has 0 fully saturated rings. The van der Waals surface area contributed by atoms with Crippen LogP contribution in [0.25, 0.3) is 0 Å². The average Bonchev–Trinajstić information content (AvgIpc) is 2.99. The number of carbonyl (C=O) groups excluding carboxylic acids is 1. The Morgan fingerprint density at radius 1 is 1.25 bits per heavy atom. The number of carboxylic acids is 1. The van der Waals surface area contributed by atoms with Crippen LogP contribution in [0.5, 0.6) is 11.5 Å². The van der Waals surface area contributed by atoms with Crippen molar-refractivity contribution in [3.05, 3.63) is 41.7 Å². The third-order valence-electron chi connectivity index (χ3n) is 3.55. The first-order valence-electron chi connectivity index (χ1n) is 7.18. The zero-order valence-corrected chi connectivity index (χ0v) is 13.6. The summed E-state index contributed by atoms with van der Waals surface area (Å²) in [7, 11) is 4.63. The lowest BCUT2D eigenvalue weighted by molar-refractivity contribution is -0.137. The zero-order chi connectivity index (χ0) is 17.7. The number of hydrogen-bond acceptors (Lipinski definition) is 5. The molecule has 0 saturated carbocycles. The van der Waals surface area contributed by atoms with Crippen LogP contribution in [0, 0.1) is 0 Å². The third-order valence-corrected chi connectivity index (χ3v) is 3.55. The van der Waals surface area contributed by atoms with E-state index in [0.29, 0.717) is 22.8 Å². The molecule has 1 aromatic carbocycles. The van der Waals surface area contributed by atoms with Gasteiger partial charge in [0.15, 0.2) is 11.5 Å². The van der Waals surface area contributed by atoms with E-state index < -0.39 is 17.9 Å². The van der Waals surface area contributed by atoms with Crippen molar-refractivity contribution in [2.24, 2.45) is 7.05 Å². The maximum Gasteiger partial charge on any atom is 0.305 e. The lowest BCUT2D eigenvalue weighted by atomic mass is 10.0. The number of nitrogens with one attached hydrogen (secondary N) is 1. The lowest BCUT2D eigenvalue weighted by Crippen LogP contribution is -2.31. The van der Waals surface area contributed by atoms with Gasteiger partial charge in [-0.1, -0.05) is 6.07 Å². The molecule has 2 N–H and O–H groups in total. The van der Waals surface area contributed by atoms with Crippen LogP contribution in [0.15, 0.2) is 30.5 Å². The number of aryl methyl sites for hydroxylation is 1. The van der Waals surface area contributed by atoms with Gasteiger partial charge in [-0.15, -0.1) is 0 Å². The van der Waals surface area contributed by atoms with Crippen molar-refractivity contribution in [3.63, 3.8) is 0 Å². The van der Waals surface area contributed by atoms with Gasteiger partial charge in [0.05, 0.1) is 26.7 Å². The number of aromatic nitrogens is 2. The molecular weight excluding hydrogens is 314 g/mol. The normalized spacial score (nSPS) is 11.6. The Kier molecular flexibility index (Phi) is 5.41. The molecule has 1 heterocycles. The smallest absolute Gasteiger partial charge is 0.305 e. The summed E-state index contributed by atoms with van der Waals surface area (Å²) >= 11 is 0. The van der Waals surface area contributed by atoms with E-state index in [1.165, 1.54) is 25.1 Å². The highest BCUT2D eigenvalue weighted by molar-refractivity contribution is 5.93. The van der Waals surface area contributed by atoms with Crippen LogP contribution in [-0.2, 0) is 11.8 Å². The summed E-state index contributed by atoms with van der Waals surface area (Å²) in [5.74, 6) is -0.454. The zero-order valence-electron chi connectivity index (χ0n) is 13.6. The number of carbonyl (C=O) groups is 2. The standard InChI is InChI=1S/C16H19N3O5/c1-19-12(6-7-17-19)16(22)18-11(9-15(20)21)10-4-5-13(23-2)14(8-10)24-3/h4-8,11H,9H2,1-3H3,(H,18,22)(H,20,21)/t11-/m0/s1. The van der Waals surface area contributed by atoms with Crippen molar-refractivity contribution in [1.82, 2.24) is 15.1 Å². The Labute approximate surface area is 139 Å². The molecule has 0 radical (unpaired) electrons. The molecule has 2 aromatic rings. The van der Waals surface area contributed by atoms with Gasteiger partial charge < -0.3 is 19.9 Å². The number of hydrogen-bond donors (Lipinski definition) is 2. The maximum atomic E-state index is 12.3. The molecule has 1 amide bonds. The van der Waals surface area contributed by atoms with Crippen LogP contribution in [-0.4, -0.2) is 41.0 Å². The molecule has 8 heteroatoms. The van der Waals surface area contributed by atoms with E-state index >= 15 is 0 Å². The molecule has 0 unspecified atom stereocenters. The molecule has 0 saturated heterocycles. The monoisotopic (exact) mass is 333 g/mol. The van der Waals surface area contributed by atoms with Crippen molar-refractivity contribution in [2.45, 2.75) is 12.5 Å². The number of amides is 1. The Morgan fingerprint density at radius 3 is 2.50 bits per heavy atom. The maximum absolute atomic E-state index is 12.3. The summed E-state index contributed by atoms with van der Waals surface area (Å²) in [6.07, 6.45) is 1.23.